The molecule has 0 aromatic carbocycles. The molecule has 2 N–H and O–H groups in total. The first-order valence-corrected chi connectivity index (χ1v) is 9.48. The average Bonchev–Trinajstić information content (AvgIpc) is 3.03. The van der Waals surface area contributed by atoms with Crippen LogP contribution in [0.15, 0.2) is 17.4 Å². The van der Waals surface area contributed by atoms with Crippen LogP contribution in [0.2, 0.25) is 0 Å². The highest BCUT2D eigenvalue weighted by Crippen LogP contribution is 2.40. The molecule has 2 saturated carbocycles. The fourth-order valence-corrected chi connectivity index (χ4v) is 4.40. The quantitative estimate of drug-likeness (QED) is 0.629. The third-order valence-electron chi connectivity index (χ3n) is 5.67. The van der Waals surface area contributed by atoms with Crippen molar-refractivity contribution in [2.75, 3.05) is 7.05 Å². The summed E-state index contributed by atoms with van der Waals surface area (Å²) in [7, 11) is 1.68. The molecule has 5 nitrogen and oxygen atoms in total. The summed E-state index contributed by atoms with van der Waals surface area (Å²) in [6.07, 6.45) is 7.43. The van der Waals surface area contributed by atoms with Crippen LogP contribution in [-0.2, 0) is 13.1 Å². The summed E-state index contributed by atoms with van der Waals surface area (Å²) in [6.45, 7) is -0.816. The number of rotatable bonds is 4. The van der Waals surface area contributed by atoms with Gasteiger partial charge in [-0.05, 0) is 31.1 Å². The van der Waals surface area contributed by atoms with Crippen molar-refractivity contribution in [1.82, 2.24) is 20.2 Å². The summed E-state index contributed by atoms with van der Waals surface area (Å²) in [5.74, 6) is 2.66. The van der Waals surface area contributed by atoms with Crippen LogP contribution >= 0.6 is 0 Å². The summed E-state index contributed by atoms with van der Waals surface area (Å²) in [6, 6.07) is 0.385. The number of hydrogen-bond acceptors (Lipinski definition) is 2. The van der Waals surface area contributed by atoms with Crippen LogP contribution in [-0.4, -0.2) is 34.8 Å². The lowest BCUT2D eigenvalue weighted by Crippen LogP contribution is -2.46. The van der Waals surface area contributed by atoms with Crippen molar-refractivity contribution in [3.8, 4) is 0 Å². The number of imidazole rings is 1. The maximum atomic E-state index is 12.6. The van der Waals surface area contributed by atoms with Gasteiger partial charge in [-0.25, -0.2) is 4.98 Å². The van der Waals surface area contributed by atoms with E-state index in [0.717, 1.165) is 29.2 Å². The van der Waals surface area contributed by atoms with E-state index >= 15 is 0 Å². The highest BCUT2D eigenvalue weighted by atomic mass is 19.4. The number of aromatic nitrogens is 2. The van der Waals surface area contributed by atoms with E-state index in [-0.39, 0.29) is 6.54 Å². The molecule has 0 aliphatic heterocycles. The largest absolute Gasteiger partial charge is 0.406 e. The molecular weight excluding hydrogens is 343 g/mol. The molecule has 146 valence electrons. The van der Waals surface area contributed by atoms with Crippen molar-refractivity contribution in [3.63, 3.8) is 0 Å². The van der Waals surface area contributed by atoms with E-state index in [0.29, 0.717) is 17.8 Å². The lowest BCUT2D eigenvalue weighted by Gasteiger charge is -2.39. The fraction of sp³-hybridized carbons (Fsp3) is 0.778. The van der Waals surface area contributed by atoms with E-state index in [4.69, 9.17) is 0 Å². The second kappa shape index (κ2) is 8.31. The van der Waals surface area contributed by atoms with Crippen LogP contribution in [0.4, 0.5) is 13.2 Å². The number of fused-ring (bicyclic) bond motifs is 1. The Hall–Kier alpha value is -1.73. The number of guanidine groups is 1. The summed E-state index contributed by atoms with van der Waals surface area (Å²) in [5.41, 5.74) is 0. The van der Waals surface area contributed by atoms with E-state index in [1.807, 2.05) is 0 Å². The van der Waals surface area contributed by atoms with Crippen LogP contribution in [0.3, 0.4) is 0 Å². The Morgan fingerprint density at radius 1 is 1.23 bits per heavy atom. The van der Waals surface area contributed by atoms with Crippen LogP contribution in [0.25, 0.3) is 0 Å². The fourth-order valence-electron chi connectivity index (χ4n) is 4.40. The van der Waals surface area contributed by atoms with Gasteiger partial charge in [-0.3, -0.25) is 4.99 Å². The maximum absolute atomic E-state index is 12.6. The summed E-state index contributed by atoms with van der Waals surface area (Å²) in [4.78, 5) is 8.25. The van der Waals surface area contributed by atoms with E-state index in [1.54, 1.807) is 7.05 Å². The second-order valence-electron chi connectivity index (χ2n) is 7.47. The van der Waals surface area contributed by atoms with Crippen molar-refractivity contribution in [1.29, 1.82) is 0 Å². The highest BCUT2D eigenvalue weighted by molar-refractivity contribution is 5.79. The Bertz CT molecular complexity index is 610. The van der Waals surface area contributed by atoms with Gasteiger partial charge >= 0.3 is 6.18 Å². The zero-order chi connectivity index (χ0) is 18.6. The molecule has 0 radical (unpaired) electrons. The van der Waals surface area contributed by atoms with Crippen LogP contribution in [0.1, 0.15) is 50.8 Å². The van der Waals surface area contributed by atoms with Crippen molar-refractivity contribution < 1.29 is 13.2 Å². The minimum atomic E-state index is -4.26. The number of nitrogens with zero attached hydrogens (tertiary/aromatic N) is 3. The Balaban J connectivity index is 1.50. The molecule has 3 atom stereocenters. The lowest BCUT2D eigenvalue weighted by molar-refractivity contribution is -0.141. The Morgan fingerprint density at radius 3 is 2.73 bits per heavy atom. The number of alkyl halides is 3. The monoisotopic (exact) mass is 371 g/mol. The third-order valence-corrected chi connectivity index (χ3v) is 5.67. The van der Waals surface area contributed by atoms with Crippen LogP contribution < -0.4 is 10.6 Å². The molecule has 3 rings (SSSR count). The van der Waals surface area contributed by atoms with Crippen molar-refractivity contribution in [3.05, 3.63) is 18.2 Å². The first-order chi connectivity index (χ1) is 12.4. The van der Waals surface area contributed by atoms with Crippen LogP contribution in [0, 0.1) is 11.8 Å². The van der Waals surface area contributed by atoms with E-state index in [9.17, 15) is 13.2 Å². The SMILES string of the molecule is CN=C(NCc1nccn1CC(F)(F)F)NC1CCC2CCCCC2C1. The second-order valence-corrected chi connectivity index (χ2v) is 7.47. The average molecular weight is 371 g/mol. The molecule has 1 aromatic rings. The molecule has 0 amide bonds. The number of aliphatic imine (C=N–C) groups is 1. The summed E-state index contributed by atoms with van der Waals surface area (Å²) >= 11 is 0. The molecule has 0 saturated heterocycles. The Kier molecular flexibility index (Phi) is 6.09. The van der Waals surface area contributed by atoms with Gasteiger partial charge in [-0.2, -0.15) is 13.2 Å². The molecule has 0 bridgehead atoms. The summed E-state index contributed by atoms with van der Waals surface area (Å²) in [5, 5.41) is 6.55. The van der Waals surface area contributed by atoms with Crippen molar-refractivity contribution in [2.24, 2.45) is 16.8 Å². The molecule has 2 aliphatic rings. The summed E-state index contributed by atoms with van der Waals surface area (Å²) < 4.78 is 38.9. The molecule has 1 heterocycles. The molecule has 2 fully saturated rings. The maximum Gasteiger partial charge on any atom is 0.406 e. The zero-order valence-corrected chi connectivity index (χ0v) is 15.2. The standard InChI is InChI=1S/C18H28F3N5/c1-22-17(24-11-16-23-8-9-26(16)12-18(19,20)21)25-15-7-6-13-4-2-3-5-14(13)10-15/h8-9,13-15H,2-7,10-12H2,1H3,(H2,22,24,25). The molecule has 3 unspecified atom stereocenters. The number of hydrogen-bond donors (Lipinski definition) is 2. The van der Waals surface area contributed by atoms with Gasteiger partial charge in [0.2, 0.25) is 0 Å². The van der Waals surface area contributed by atoms with Gasteiger partial charge in [0.1, 0.15) is 12.4 Å². The lowest BCUT2D eigenvalue weighted by atomic mass is 9.69. The number of halogens is 3. The van der Waals surface area contributed by atoms with Gasteiger partial charge in [0.05, 0.1) is 6.54 Å². The van der Waals surface area contributed by atoms with E-state index < -0.39 is 12.7 Å². The number of nitrogens with one attached hydrogen (secondary N) is 2. The molecule has 8 heteroatoms. The minimum absolute atomic E-state index is 0.210. The van der Waals surface area contributed by atoms with Gasteiger partial charge in [0.25, 0.3) is 0 Å². The Labute approximate surface area is 152 Å². The van der Waals surface area contributed by atoms with Gasteiger partial charge in [-0.1, -0.05) is 25.7 Å². The minimum Gasteiger partial charge on any atom is -0.354 e. The predicted octanol–water partition coefficient (Wildman–Crippen LogP) is 3.47. The van der Waals surface area contributed by atoms with Gasteiger partial charge in [-0.15, -0.1) is 0 Å². The molecular formula is C18H28F3N5. The van der Waals surface area contributed by atoms with Gasteiger partial charge in [0, 0.05) is 25.5 Å². The first-order valence-electron chi connectivity index (χ1n) is 9.48. The third kappa shape index (κ3) is 5.14. The van der Waals surface area contributed by atoms with E-state index in [2.05, 4.69) is 20.6 Å². The predicted molar refractivity (Wildman–Crippen MR) is 94.7 cm³/mol. The van der Waals surface area contributed by atoms with E-state index in [1.165, 1.54) is 44.5 Å². The van der Waals surface area contributed by atoms with Crippen LogP contribution in [0.5, 0.6) is 0 Å². The van der Waals surface area contributed by atoms with Gasteiger partial charge in [0.15, 0.2) is 5.96 Å². The van der Waals surface area contributed by atoms with Crippen molar-refractivity contribution >= 4 is 5.96 Å². The van der Waals surface area contributed by atoms with Crippen molar-refractivity contribution in [2.45, 2.75) is 70.3 Å². The first kappa shape index (κ1) is 19.0. The normalized spacial score (nSPS) is 27.1. The smallest absolute Gasteiger partial charge is 0.354 e. The Morgan fingerprint density at radius 2 is 2.00 bits per heavy atom. The molecule has 0 spiro atoms. The van der Waals surface area contributed by atoms with Gasteiger partial charge < -0.3 is 15.2 Å². The zero-order valence-electron chi connectivity index (χ0n) is 15.2. The highest BCUT2D eigenvalue weighted by Gasteiger charge is 2.32. The molecule has 2 aliphatic carbocycles. The topological polar surface area (TPSA) is 54.2 Å². The molecule has 1 aromatic heterocycles. The molecule has 26 heavy (non-hydrogen) atoms.